The Labute approximate surface area is 208 Å². The van der Waals surface area contributed by atoms with E-state index in [4.69, 9.17) is 13.8 Å². The molecule has 1 amide bonds. The van der Waals surface area contributed by atoms with Crippen LogP contribution >= 0.6 is 0 Å². The van der Waals surface area contributed by atoms with Crippen LogP contribution in [0.4, 0.5) is 5.69 Å². The topological polar surface area (TPSA) is 97.5 Å². The highest BCUT2D eigenvalue weighted by atomic mass is 28.4. The molecule has 0 aliphatic heterocycles. The first-order chi connectivity index (χ1) is 16.5. The second kappa shape index (κ2) is 9.74. The van der Waals surface area contributed by atoms with Crippen LogP contribution in [0.15, 0.2) is 34.7 Å². The van der Waals surface area contributed by atoms with E-state index in [0.29, 0.717) is 28.6 Å². The highest BCUT2D eigenvalue weighted by Gasteiger charge is 2.39. The molecule has 0 saturated heterocycles. The monoisotopic (exact) mass is 495 g/mol. The molecule has 1 aliphatic rings. The first-order valence-corrected chi connectivity index (χ1v) is 15.4. The van der Waals surface area contributed by atoms with Crippen LogP contribution in [-0.4, -0.2) is 35.9 Å². The van der Waals surface area contributed by atoms with Gasteiger partial charge in [-0.05, 0) is 68.8 Å². The van der Waals surface area contributed by atoms with E-state index in [0.717, 1.165) is 42.8 Å². The molecule has 1 fully saturated rings. The molecule has 188 valence electrons. The standard InChI is InChI=1S/C27H37N3O4Si/c1-17-8-7-9-20(28-17)25(32)29-22-14-23-21(15-24(22)34-35(5,6)27(2,3)4)30-26(33-23)19-12-10-18(16-31)11-13-19/h7-9,14-15,18-19,31H,10-13,16H2,1-6H3,(H,29,32)/t18-,19-. The molecule has 2 N–H and O–H groups in total. The summed E-state index contributed by atoms with van der Waals surface area (Å²) in [5.41, 5.74) is 3.04. The van der Waals surface area contributed by atoms with Gasteiger partial charge in [-0.1, -0.05) is 26.8 Å². The predicted octanol–water partition coefficient (Wildman–Crippen LogP) is 6.43. The van der Waals surface area contributed by atoms with E-state index in [-0.39, 0.29) is 23.5 Å². The number of aliphatic hydroxyl groups excluding tert-OH is 1. The maximum absolute atomic E-state index is 13.0. The van der Waals surface area contributed by atoms with Gasteiger partial charge in [0.25, 0.3) is 14.2 Å². The van der Waals surface area contributed by atoms with E-state index in [1.165, 1.54) is 0 Å². The number of nitrogens with zero attached hydrogens (tertiary/aromatic N) is 2. The summed E-state index contributed by atoms with van der Waals surface area (Å²) in [4.78, 5) is 22.2. The minimum atomic E-state index is -2.19. The molecule has 0 spiro atoms. The second-order valence-electron chi connectivity index (χ2n) is 11.2. The molecule has 35 heavy (non-hydrogen) atoms. The zero-order valence-corrected chi connectivity index (χ0v) is 22.6. The van der Waals surface area contributed by atoms with E-state index in [9.17, 15) is 9.90 Å². The number of carbonyl (C=O) groups excluding carboxylic acids is 1. The SMILES string of the molecule is Cc1cccc(C(=O)Nc2cc3oc([C@H]4CC[C@H](CO)CC4)nc3cc2O[Si](C)(C)C(C)(C)C)n1. The van der Waals surface area contributed by atoms with Crippen LogP contribution in [0.1, 0.15) is 74.4 Å². The van der Waals surface area contributed by atoms with Gasteiger partial charge in [-0.3, -0.25) is 4.79 Å². The van der Waals surface area contributed by atoms with Crippen LogP contribution in [0.3, 0.4) is 0 Å². The molecule has 0 atom stereocenters. The number of carbonyl (C=O) groups is 1. The summed E-state index contributed by atoms with van der Waals surface area (Å²) < 4.78 is 12.8. The molecule has 0 radical (unpaired) electrons. The molecule has 1 aliphatic carbocycles. The van der Waals surface area contributed by atoms with E-state index in [1.54, 1.807) is 6.07 Å². The number of pyridine rings is 1. The van der Waals surface area contributed by atoms with Crippen molar-refractivity contribution >= 4 is 31.0 Å². The minimum absolute atomic E-state index is 0.0122. The maximum atomic E-state index is 13.0. The van der Waals surface area contributed by atoms with Gasteiger partial charge in [0.05, 0.1) is 5.69 Å². The van der Waals surface area contributed by atoms with Crippen molar-refractivity contribution in [2.45, 2.75) is 77.4 Å². The molecule has 0 bridgehead atoms. The Morgan fingerprint density at radius 1 is 1.17 bits per heavy atom. The highest BCUT2D eigenvalue weighted by Crippen LogP contribution is 2.42. The van der Waals surface area contributed by atoms with E-state index < -0.39 is 8.32 Å². The number of hydrogen-bond donors (Lipinski definition) is 2. The van der Waals surface area contributed by atoms with E-state index in [2.05, 4.69) is 44.2 Å². The number of rotatable bonds is 6. The molecule has 8 heteroatoms. The van der Waals surface area contributed by atoms with Crippen molar-refractivity contribution in [3.05, 3.63) is 47.6 Å². The normalized spacial score (nSPS) is 19.1. The number of amides is 1. The van der Waals surface area contributed by atoms with Crippen molar-refractivity contribution in [2.75, 3.05) is 11.9 Å². The molecule has 1 saturated carbocycles. The summed E-state index contributed by atoms with van der Waals surface area (Å²) in [6.45, 7) is 13.0. The Morgan fingerprint density at radius 3 is 2.51 bits per heavy atom. The summed E-state index contributed by atoms with van der Waals surface area (Å²) in [5.74, 6) is 1.64. The first-order valence-electron chi connectivity index (χ1n) is 12.5. The van der Waals surface area contributed by atoms with Crippen molar-refractivity contribution in [1.82, 2.24) is 9.97 Å². The van der Waals surface area contributed by atoms with Crippen LogP contribution in [0.2, 0.25) is 18.1 Å². The maximum Gasteiger partial charge on any atom is 0.274 e. The van der Waals surface area contributed by atoms with E-state index >= 15 is 0 Å². The summed E-state index contributed by atoms with van der Waals surface area (Å²) in [5, 5.41) is 12.4. The summed E-state index contributed by atoms with van der Waals surface area (Å²) in [7, 11) is -2.19. The average molecular weight is 496 g/mol. The van der Waals surface area contributed by atoms with Crippen LogP contribution in [-0.2, 0) is 0 Å². The van der Waals surface area contributed by atoms with Crippen molar-refractivity contribution < 1.29 is 18.7 Å². The van der Waals surface area contributed by atoms with Gasteiger partial charge in [0, 0.05) is 30.4 Å². The van der Waals surface area contributed by atoms with Crippen molar-refractivity contribution in [2.24, 2.45) is 5.92 Å². The van der Waals surface area contributed by atoms with Crippen molar-refractivity contribution in [3.8, 4) is 5.75 Å². The third-order valence-corrected chi connectivity index (χ3v) is 11.8. The zero-order chi connectivity index (χ0) is 25.4. The van der Waals surface area contributed by atoms with Gasteiger partial charge in [0.2, 0.25) is 0 Å². The molecular formula is C27H37N3O4Si. The summed E-state index contributed by atoms with van der Waals surface area (Å²) in [6, 6.07) is 9.09. The fourth-order valence-electron chi connectivity index (χ4n) is 4.21. The van der Waals surface area contributed by atoms with Gasteiger partial charge in [0.1, 0.15) is 17.0 Å². The minimum Gasteiger partial charge on any atom is -0.542 e. The van der Waals surface area contributed by atoms with Gasteiger partial charge in [-0.2, -0.15) is 0 Å². The number of anilines is 1. The number of hydrogen-bond acceptors (Lipinski definition) is 6. The second-order valence-corrected chi connectivity index (χ2v) is 16.0. The summed E-state index contributed by atoms with van der Waals surface area (Å²) >= 11 is 0. The zero-order valence-electron chi connectivity index (χ0n) is 21.6. The van der Waals surface area contributed by atoms with Gasteiger partial charge in [-0.15, -0.1) is 0 Å². The number of aromatic nitrogens is 2. The fourth-order valence-corrected chi connectivity index (χ4v) is 5.23. The average Bonchev–Trinajstić information content (AvgIpc) is 3.21. The number of aliphatic hydroxyl groups is 1. The Hall–Kier alpha value is -2.71. The third kappa shape index (κ3) is 5.59. The van der Waals surface area contributed by atoms with Crippen LogP contribution in [0.5, 0.6) is 5.75 Å². The molecular weight excluding hydrogens is 458 g/mol. The smallest absolute Gasteiger partial charge is 0.274 e. The number of benzene rings is 1. The Balaban J connectivity index is 1.69. The Bertz CT molecular complexity index is 1210. The van der Waals surface area contributed by atoms with Crippen molar-refractivity contribution in [3.63, 3.8) is 0 Å². The van der Waals surface area contributed by atoms with Crippen LogP contribution in [0, 0.1) is 12.8 Å². The quantitative estimate of drug-likeness (QED) is 0.382. The number of nitrogens with one attached hydrogen (secondary N) is 1. The molecule has 0 unspecified atom stereocenters. The molecule has 4 rings (SSSR count). The molecule has 2 aromatic heterocycles. The van der Waals surface area contributed by atoms with Crippen molar-refractivity contribution in [1.29, 1.82) is 0 Å². The van der Waals surface area contributed by atoms with Gasteiger partial charge in [-0.25, -0.2) is 9.97 Å². The number of oxazole rings is 1. The predicted molar refractivity (Wildman–Crippen MR) is 141 cm³/mol. The van der Waals surface area contributed by atoms with Gasteiger partial charge < -0.3 is 19.3 Å². The number of fused-ring (bicyclic) bond motifs is 1. The lowest BCUT2D eigenvalue weighted by Crippen LogP contribution is -2.44. The first kappa shape index (κ1) is 25.4. The van der Waals surface area contributed by atoms with Crippen LogP contribution in [0.25, 0.3) is 11.1 Å². The lowest BCUT2D eigenvalue weighted by Gasteiger charge is -2.37. The molecule has 3 aromatic rings. The third-order valence-electron chi connectivity index (χ3n) is 7.50. The highest BCUT2D eigenvalue weighted by molar-refractivity contribution is 6.74. The fraction of sp³-hybridized carbons (Fsp3) is 0.519. The summed E-state index contributed by atoms with van der Waals surface area (Å²) in [6.07, 6.45) is 3.86. The molecule has 2 heterocycles. The Kier molecular flexibility index (Phi) is 7.06. The lowest BCUT2D eigenvalue weighted by atomic mass is 9.82. The number of aryl methyl sites for hydroxylation is 1. The largest absolute Gasteiger partial charge is 0.542 e. The van der Waals surface area contributed by atoms with E-state index in [1.807, 2.05) is 31.2 Å². The van der Waals surface area contributed by atoms with Gasteiger partial charge in [0.15, 0.2) is 11.5 Å². The molecule has 1 aromatic carbocycles. The van der Waals surface area contributed by atoms with Crippen LogP contribution < -0.4 is 9.74 Å². The molecule has 7 nitrogen and oxygen atoms in total. The van der Waals surface area contributed by atoms with Gasteiger partial charge >= 0.3 is 0 Å². The Morgan fingerprint density at radius 2 is 1.89 bits per heavy atom. The lowest BCUT2D eigenvalue weighted by molar-refractivity contribution is 0.102.